The van der Waals surface area contributed by atoms with Gasteiger partial charge in [-0.3, -0.25) is 4.79 Å². The number of amides is 1. The maximum absolute atomic E-state index is 12.1. The van der Waals surface area contributed by atoms with Crippen molar-refractivity contribution in [2.45, 2.75) is 19.9 Å². The number of hydrogen-bond donors (Lipinski definition) is 2. The number of rotatable bonds is 3. The monoisotopic (exact) mass is 339 g/mol. The molecule has 100 valence electrons. The van der Waals surface area contributed by atoms with Crippen molar-refractivity contribution in [1.29, 1.82) is 0 Å². The van der Waals surface area contributed by atoms with Crippen LogP contribution in [0.3, 0.4) is 0 Å². The summed E-state index contributed by atoms with van der Waals surface area (Å²) < 4.78 is 0.990. The highest BCUT2D eigenvalue weighted by Gasteiger charge is 2.17. The highest BCUT2D eigenvalue weighted by atomic mass is 79.9. The first-order valence-electron chi connectivity index (χ1n) is 5.76. The highest BCUT2D eigenvalue weighted by molar-refractivity contribution is 9.10. The number of hydrogen-bond acceptors (Lipinski definition) is 4. The lowest BCUT2D eigenvalue weighted by Gasteiger charge is -2.14. The maximum Gasteiger partial charge on any atom is 0.263 e. The number of halogens is 1. The summed E-state index contributed by atoms with van der Waals surface area (Å²) in [5.41, 5.74) is 7.31. The molecule has 1 amide bonds. The van der Waals surface area contributed by atoms with Gasteiger partial charge in [0, 0.05) is 4.47 Å². The van der Waals surface area contributed by atoms with E-state index in [0.29, 0.717) is 15.7 Å². The molecular formula is C13H14BrN3OS. The quantitative estimate of drug-likeness (QED) is 0.901. The molecule has 0 saturated carbocycles. The van der Waals surface area contributed by atoms with Crippen molar-refractivity contribution in [1.82, 2.24) is 10.3 Å². The summed E-state index contributed by atoms with van der Waals surface area (Å²) in [6.45, 7) is 3.73. The molecule has 0 saturated heterocycles. The number of carbonyl (C=O) groups excluding carboxylic acids is 1. The zero-order valence-corrected chi connectivity index (χ0v) is 13.0. The number of anilines is 1. The average molecular weight is 340 g/mol. The van der Waals surface area contributed by atoms with Crippen molar-refractivity contribution in [2.75, 3.05) is 5.73 Å². The van der Waals surface area contributed by atoms with E-state index in [1.54, 1.807) is 6.92 Å². The predicted octanol–water partition coefficient (Wildman–Crippen LogP) is 3.29. The molecule has 1 heterocycles. The van der Waals surface area contributed by atoms with E-state index < -0.39 is 0 Å². The summed E-state index contributed by atoms with van der Waals surface area (Å²) in [5.74, 6) is -0.140. The number of aryl methyl sites for hydroxylation is 1. The molecule has 0 aliphatic carbocycles. The van der Waals surface area contributed by atoms with Crippen LogP contribution in [0.5, 0.6) is 0 Å². The third kappa shape index (κ3) is 3.33. The number of nitrogen functional groups attached to an aromatic ring is 1. The first kappa shape index (κ1) is 14.0. The van der Waals surface area contributed by atoms with Crippen molar-refractivity contribution < 1.29 is 4.79 Å². The van der Waals surface area contributed by atoms with Crippen LogP contribution in [-0.2, 0) is 0 Å². The zero-order chi connectivity index (χ0) is 14.0. The first-order chi connectivity index (χ1) is 8.97. The molecule has 2 rings (SSSR count). The van der Waals surface area contributed by atoms with Crippen molar-refractivity contribution in [2.24, 2.45) is 0 Å². The van der Waals surface area contributed by atoms with Gasteiger partial charge in [0.2, 0.25) is 0 Å². The van der Waals surface area contributed by atoms with Crippen LogP contribution in [0.15, 0.2) is 28.7 Å². The van der Waals surface area contributed by atoms with E-state index in [9.17, 15) is 4.79 Å². The lowest BCUT2D eigenvalue weighted by molar-refractivity contribution is 0.0943. The molecule has 1 aromatic heterocycles. The van der Waals surface area contributed by atoms with Crippen LogP contribution in [0.4, 0.5) is 5.13 Å². The van der Waals surface area contributed by atoms with E-state index in [4.69, 9.17) is 5.73 Å². The molecule has 0 radical (unpaired) electrons. The average Bonchev–Trinajstić information content (AvgIpc) is 2.68. The summed E-state index contributed by atoms with van der Waals surface area (Å²) in [4.78, 5) is 16.8. The Labute approximate surface area is 124 Å². The third-order valence-electron chi connectivity index (χ3n) is 2.72. The van der Waals surface area contributed by atoms with Crippen molar-refractivity contribution in [3.8, 4) is 0 Å². The molecule has 0 fully saturated rings. The Morgan fingerprint density at radius 1 is 1.53 bits per heavy atom. The van der Waals surface area contributed by atoms with E-state index in [1.807, 2.05) is 31.2 Å². The van der Waals surface area contributed by atoms with Gasteiger partial charge < -0.3 is 11.1 Å². The van der Waals surface area contributed by atoms with Gasteiger partial charge >= 0.3 is 0 Å². The minimum Gasteiger partial charge on any atom is -0.375 e. The highest BCUT2D eigenvalue weighted by Crippen LogP contribution is 2.22. The van der Waals surface area contributed by atoms with Crippen molar-refractivity contribution in [3.05, 3.63) is 44.9 Å². The Morgan fingerprint density at radius 2 is 2.26 bits per heavy atom. The van der Waals surface area contributed by atoms with Crippen LogP contribution >= 0.6 is 27.3 Å². The molecule has 19 heavy (non-hydrogen) atoms. The summed E-state index contributed by atoms with van der Waals surface area (Å²) >= 11 is 4.63. The topological polar surface area (TPSA) is 68.0 Å². The molecular weight excluding hydrogens is 326 g/mol. The fourth-order valence-electron chi connectivity index (χ4n) is 1.75. The Bertz CT molecular complexity index is 612. The Balaban J connectivity index is 2.13. The van der Waals surface area contributed by atoms with Gasteiger partial charge in [0.05, 0.1) is 11.7 Å². The SMILES string of the molecule is Cc1nc(N)sc1C(=O)N[C@@H](C)c1cccc(Br)c1. The van der Waals surface area contributed by atoms with Crippen molar-refractivity contribution in [3.63, 3.8) is 0 Å². The minimum atomic E-state index is -0.140. The van der Waals surface area contributed by atoms with Gasteiger partial charge in [0.25, 0.3) is 5.91 Å². The molecule has 0 aliphatic heterocycles. The number of carbonyl (C=O) groups is 1. The largest absolute Gasteiger partial charge is 0.375 e. The Morgan fingerprint density at radius 3 is 2.84 bits per heavy atom. The van der Waals surface area contributed by atoms with Gasteiger partial charge in [-0.05, 0) is 31.5 Å². The molecule has 0 aliphatic rings. The summed E-state index contributed by atoms with van der Waals surface area (Å²) in [6.07, 6.45) is 0. The standard InChI is InChI=1S/C13H14BrN3OS/c1-7(9-4-3-5-10(14)6-9)16-12(18)11-8(2)17-13(15)19-11/h3-7H,1-2H3,(H2,15,17)(H,16,18)/t7-/m0/s1. The number of nitrogens with two attached hydrogens (primary N) is 1. The van der Waals surface area contributed by atoms with Crippen molar-refractivity contribution >= 4 is 38.3 Å². The second-order valence-corrected chi connectivity index (χ2v) is 6.16. The maximum atomic E-state index is 12.1. The van der Waals surface area contributed by atoms with E-state index in [2.05, 4.69) is 26.2 Å². The fraction of sp³-hybridized carbons (Fsp3) is 0.231. The summed E-state index contributed by atoms with van der Waals surface area (Å²) in [5, 5.41) is 3.36. The third-order valence-corrected chi connectivity index (χ3v) is 4.19. The van der Waals surface area contributed by atoms with Crippen LogP contribution in [0, 0.1) is 6.92 Å². The normalized spacial score (nSPS) is 12.2. The number of benzene rings is 1. The molecule has 0 unspecified atom stereocenters. The van der Waals surface area contributed by atoms with Crippen LogP contribution < -0.4 is 11.1 Å². The lowest BCUT2D eigenvalue weighted by Crippen LogP contribution is -2.26. The summed E-state index contributed by atoms with van der Waals surface area (Å²) in [6, 6.07) is 7.78. The first-order valence-corrected chi connectivity index (χ1v) is 7.37. The Hall–Kier alpha value is -1.40. The minimum absolute atomic E-state index is 0.0762. The van der Waals surface area contributed by atoms with E-state index >= 15 is 0 Å². The van der Waals surface area contributed by atoms with Gasteiger partial charge in [0.15, 0.2) is 5.13 Å². The smallest absolute Gasteiger partial charge is 0.263 e. The molecule has 6 heteroatoms. The van der Waals surface area contributed by atoms with Gasteiger partial charge in [-0.1, -0.05) is 39.4 Å². The van der Waals surface area contributed by atoms with Gasteiger partial charge in [-0.15, -0.1) is 0 Å². The number of thiazole rings is 1. The zero-order valence-electron chi connectivity index (χ0n) is 10.6. The summed E-state index contributed by atoms with van der Waals surface area (Å²) in [7, 11) is 0. The molecule has 1 atom stereocenters. The molecule has 3 N–H and O–H groups in total. The number of nitrogens with zero attached hydrogens (tertiary/aromatic N) is 1. The van der Waals surface area contributed by atoms with Crippen LogP contribution in [0.2, 0.25) is 0 Å². The number of aromatic nitrogens is 1. The van der Waals surface area contributed by atoms with Crippen LogP contribution in [0.1, 0.15) is 33.9 Å². The second-order valence-electron chi connectivity index (χ2n) is 4.22. The molecule has 2 aromatic rings. The molecule has 0 bridgehead atoms. The lowest BCUT2D eigenvalue weighted by atomic mass is 10.1. The molecule has 0 spiro atoms. The van der Waals surface area contributed by atoms with Crippen LogP contribution in [0.25, 0.3) is 0 Å². The van der Waals surface area contributed by atoms with Gasteiger partial charge in [0.1, 0.15) is 4.88 Å². The fourth-order valence-corrected chi connectivity index (χ4v) is 2.90. The number of nitrogens with one attached hydrogen (secondary N) is 1. The molecule has 4 nitrogen and oxygen atoms in total. The van der Waals surface area contributed by atoms with E-state index in [0.717, 1.165) is 10.0 Å². The molecule has 1 aromatic carbocycles. The van der Waals surface area contributed by atoms with Crippen LogP contribution in [-0.4, -0.2) is 10.9 Å². The second kappa shape index (κ2) is 5.71. The Kier molecular flexibility index (Phi) is 4.21. The predicted molar refractivity (Wildman–Crippen MR) is 81.3 cm³/mol. The van der Waals surface area contributed by atoms with E-state index in [1.165, 1.54) is 11.3 Å². The van der Waals surface area contributed by atoms with E-state index in [-0.39, 0.29) is 11.9 Å². The van der Waals surface area contributed by atoms with Gasteiger partial charge in [-0.2, -0.15) is 0 Å². The van der Waals surface area contributed by atoms with Gasteiger partial charge in [-0.25, -0.2) is 4.98 Å².